The van der Waals surface area contributed by atoms with E-state index in [2.05, 4.69) is 10.3 Å². The Morgan fingerprint density at radius 1 is 1.15 bits per heavy atom. The number of rotatable bonds is 7. The van der Waals surface area contributed by atoms with E-state index in [0.717, 1.165) is 16.5 Å². The zero-order chi connectivity index (χ0) is 19.2. The molecule has 1 amide bonds. The average molecular weight is 364 g/mol. The van der Waals surface area contributed by atoms with Gasteiger partial charge in [0.2, 0.25) is 5.91 Å². The third-order valence-corrected chi connectivity index (χ3v) is 4.71. The van der Waals surface area contributed by atoms with Crippen LogP contribution in [0, 0.1) is 0 Å². The molecule has 0 aliphatic heterocycles. The summed E-state index contributed by atoms with van der Waals surface area (Å²) in [5.41, 5.74) is 2.41. The molecule has 0 saturated heterocycles. The highest BCUT2D eigenvalue weighted by atomic mass is 16.5. The fourth-order valence-corrected chi connectivity index (χ4v) is 3.12. The van der Waals surface area contributed by atoms with Gasteiger partial charge in [-0.1, -0.05) is 37.3 Å². The van der Waals surface area contributed by atoms with Gasteiger partial charge in [0.15, 0.2) is 0 Å². The van der Waals surface area contributed by atoms with Crippen molar-refractivity contribution in [2.24, 2.45) is 0 Å². The summed E-state index contributed by atoms with van der Waals surface area (Å²) in [4.78, 5) is 27.3. The van der Waals surface area contributed by atoms with Crippen LogP contribution in [0.5, 0.6) is 5.75 Å². The van der Waals surface area contributed by atoms with Crippen LogP contribution in [0.25, 0.3) is 10.9 Å². The number of H-pyrrole nitrogens is 1. The lowest BCUT2D eigenvalue weighted by atomic mass is 9.97. The molecule has 1 heterocycles. The van der Waals surface area contributed by atoms with Gasteiger partial charge in [0.05, 0.1) is 12.6 Å². The van der Waals surface area contributed by atoms with E-state index in [1.165, 1.54) is 0 Å². The van der Waals surface area contributed by atoms with Gasteiger partial charge < -0.3 is 15.0 Å². The summed E-state index contributed by atoms with van der Waals surface area (Å²) in [7, 11) is 1.59. The summed E-state index contributed by atoms with van der Waals surface area (Å²) >= 11 is 0. The maximum atomic E-state index is 12.3. The molecule has 1 aromatic heterocycles. The quantitative estimate of drug-likeness (QED) is 0.675. The second-order valence-electron chi connectivity index (χ2n) is 6.69. The number of aromatic amines is 1. The van der Waals surface area contributed by atoms with Gasteiger partial charge in [-0.25, -0.2) is 0 Å². The van der Waals surface area contributed by atoms with Crippen LogP contribution in [-0.4, -0.2) is 24.5 Å². The first-order chi connectivity index (χ1) is 13.1. The van der Waals surface area contributed by atoms with E-state index in [4.69, 9.17) is 4.74 Å². The summed E-state index contributed by atoms with van der Waals surface area (Å²) in [5, 5.41) is 3.85. The van der Waals surface area contributed by atoms with Crippen molar-refractivity contribution in [3.63, 3.8) is 0 Å². The summed E-state index contributed by atoms with van der Waals surface area (Å²) < 4.78 is 5.18. The Bertz CT molecular complexity index is 980. The molecule has 3 aromatic rings. The average Bonchev–Trinajstić information content (AvgIpc) is 2.68. The lowest BCUT2D eigenvalue weighted by Gasteiger charge is -2.12. The number of hydrogen-bond donors (Lipinski definition) is 2. The van der Waals surface area contributed by atoms with Crippen LogP contribution >= 0.6 is 0 Å². The predicted molar refractivity (Wildman–Crippen MR) is 107 cm³/mol. The number of ether oxygens (including phenoxy) is 1. The highest BCUT2D eigenvalue weighted by Gasteiger charge is 2.11. The lowest BCUT2D eigenvalue weighted by Crippen LogP contribution is -2.28. The van der Waals surface area contributed by atoms with Gasteiger partial charge in [-0.3, -0.25) is 9.59 Å². The monoisotopic (exact) mass is 364 g/mol. The van der Waals surface area contributed by atoms with Gasteiger partial charge >= 0.3 is 0 Å². The maximum Gasteiger partial charge on any atom is 0.251 e. The van der Waals surface area contributed by atoms with Crippen LogP contribution in [0.4, 0.5) is 0 Å². The molecule has 27 heavy (non-hydrogen) atoms. The summed E-state index contributed by atoms with van der Waals surface area (Å²) in [6, 6.07) is 17.4. The van der Waals surface area contributed by atoms with Crippen molar-refractivity contribution in [3.8, 4) is 5.75 Å². The number of methoxy groups -OCH3 is 1. The maximum absolute atomic E-state index is 12.3. The number of fused-ring (bicyclic) bond motifs is 1. The zero-order valence-electron chi connectivity index (χ0n) is 15.6. The second-order valence-corrected chi connectivity index (χ2v) is 6.69. The molecule has 3 rings (SSSR count). The number of amides is 1. The molecule has 0 aliphatic carbocycles. The van der Waals surface area contributed by atoms with Crippen LogP contribution in [0.3, 0.4) is 0 Å². The van der Waals surface area contributed by atoms with Gasteiger partial charge in [-0.05, 0) is 41.5 Å². The first-order valence-electron chi connectivity index (χ1n) is 9.08. The molecule has 5 heteroatoms. The van der Waals surface area contributed by atoms with Crippen LogP contribution < -0.4 is 15.6 Å². The molecule has 1 atom stereocenters. The zero-order valence-corrected chi connectivity index (χ0v) is 15.6. The fourth-order valence-electron chi connectivity index (χ4n) is 3.12. The Labute approximate surface area is 158 Å². The molecular formula is C22H24N2O3. The van der Waals surface area contributed by atoms with E-state index in [1.54, 1.807) is 13.2 Å². The number of carbonyl (C=O) groups is 1. The van der Waals surface area contributed by atoms with Gasteiger partial charge in [-0.15, -0.1) is 0 Å². The standard InChI is InChI=1S/C22H24N2O3/c1-15(16-6-4-3-5-7-16)12-21(25)23-11-10-18-13-17-8-9-19(27-2)14-20(17)24-22(18)26/h3-9,13-15H,10-12H2,1-2H3,(H,23,25)(H,24,26). The summed E-state index contributed by atoms with van der Waals surface area (Å²) in [6.45, 7) is 2.47. The number of hydrogen-bond acceptors (Lipinski definition) is 3. The molecule has 1 unspecified atom stereocenters. The van der Waals surface area contributed by atoms with Crippen molar-refractivity contribution in [3.05, 3.63) is 76.1 Å². The normalized spacial score (nSPS) is 11.9. The number of benzene rings is 2. The largest absolute Gasteiger partial charge is 0.497 e. The minimum absolute atomic E-state index is 0.00620. The minimum Gasteiger partial charge on any atom is -0.497 e. The highest BCUT2D eigenvalue weighted by Crippen LogP contribution is 2.19. The Hall–Kier alpha value is -3.08. The summed E-state index contributed by atoms with van der Waals surface area (Å²) in [5.74, 6) is 0.851. The number of pyridine rings is 1. The van der Waals surface area contributed by atoms with Crippen molar-refractivity contribution in [1.82, 2.24) is 10.3 Å². The van der Waals surface area contributed by atoms with Crippen molar-refractivity contribution in [2.45, 2.75) is 25.7 Å². The van der Waals surface area contributed by atoms with E-state index < -0.39 is 0 Å². The predicted octanol–water partition coefficient (Wildman–Crippen LogP) is 3.39. The van der Waals surface area contributed by atoms with E-state index >= 15 is 0 Å². The number of carbonyl (C=O) groups excluding carboxylic acids is 1. The van der Waals surface area contributed by atoms with Crippen molar-refractivity contribution in [1.29, 1.82) is 0 Å². The van der Waals surface area contributed by atoms with E-state index in [0.29, 0.717) is 30.7 Å². The molecule has 0 bridgehead atoms. The first kappa shape index (κ1) is 18.7. The molecule has 140 valence electrons. The third-order valence-electron chi connectivity index (χ3n) is 4.71. The molecule has 0 radical (unpaired) electrons. The molecule has 0 aliphatic rings. The molecule has 0 saturated carbocycles. The highest BCUT2D eigenvalue weighted by molar-refractivity contribution is 5.80. The Kier molecular flexibility index (Phi) is 5.91. The molecule has 2 N–H and O–H groups in total. The van der Waals surface area contributed by atoms with Crippen LogP contribution in [0.2, 0.25) is 0 Å². The Morgan fingerprint density at radius 3 is 2.67 bits per heavy atom. The Morgan fingerprint density at radius 2 is 1.93 bits per heavy atom. The summed E-state index contributed by atoms with van der Waals surface area (Å²) in [6.07, 6.45) is 0.917. The van der Waals surface area contributed by atoms with E-state index in [9.17, 15) is 9.59 Å². The molecule has 2 aromatic carbocycles. The molecule has 5 nitrogen and oxygen atoms in total. The van der Waals surface area contributed by atoms with Gasteiger partial charge in [0.25, 0.3) is 5.56 Å². The minimum atomic E-state index is -0.136. The van der Waals surface area contributed by atoms with Gasteiger partial charge in [0, 0.05) is 24.6 Å². The van der Waals surface area contributed by atoms with Crippen LogP contribution in [0.15, 0.2) is 59.4 Å². The van der Waals surface area contributed by atoms with Crippen LogP contribution in [-0.2, 0) is 11.2 Å². The second kappa shape index (κ2) is 8.54. The van der Waals surface area contributed by atoms with E-state index in [-0.39, 0.29) is 17.4 Å². The lowest BCUT2D eigenvalue weighted by molar-refractivity contribution is -0.121. The van der Waals surface area contributed by atoms with Gasteiger partial charge in [-0.2, -0.15) is 0 Å². The topological polar surface area (TPSA) is 71.2 Å². The molecular weight excluding hydrogens is 340 g/mol. The van der Waals surface area contributed by atoms with Crippen LogP contribution in [0.1, 0.15) is 30.4 Å². The number of aromatic nitrogens is 1. The van der Waals surface area contributed by atoms with Crippen molar-refractivity contribution < 1.29 is 9.53 Å². The molecule has 0 spiro atoms. The van der Waals surface area contributed by atoms with Crippen molar-refractivity contribution >= 4 is 16.8 Å². The molecule has 0 fully saturated rings. The van der Waals surface area contributed by atoms with Crippen molar-refractivity contribution in [2.75, 3.05) is 13.7 Å². The first-order valence-corrected chi connectivity index (χ1v) is 9.08. The SMILES string of the molecule is COc1ccc2cc(CCNC(=O)CC(C)c3ccccc3)c(=O)[nH]c2c1. The van der Waals surface area contributed by atoms with E-state index in [1.807, 2.05) is 55.5 Å². The Balaban J connectivity index is 1.57. The fraction of sp³-hybridized carbons (Fsp3) is 0.273. The van der Waals surface area contributed by atoms with Gasteiger partial charge in [0.1, 0.15) is 5.75 Å². The smallest absolute Gasteiger partial charge is 0.251 e. The third kappa shape index (κ3) is 4.76. The number of nitrogens with one attached hydrogen (secondary N) is 2.